The Kier molecular flexibility index (Phi) is 4.54. The van der Waals surface area contributed by atoms with Gasteiger partial charge in [-0.1, -0.05) is 50.2 Å². The predicted octanol–water partition coefficient (Wildman–Crippen LogP) is 5.48. The van der Waals surface area contributed by atoms with Gasteiger partial charge in [0, 0.05) is 22.2 Å². The van der Waals surface area contributed by atoms with Crippen molar-refractivity contribution in [3.8, 4) is 0 Å². The van der Waals surface area contributed by atoms with Crippen LogP contribution in [0.5, 0.6) is 0 Å². The van der Waals surface area contributed by atoms with Crippen LogP contribution in [0.15, 0.2) is 54.6 Å². The molecule has 0 saturated carbocycles. The summed E-state index contributed by atoms with van der Waals surface area (Å²) in [5.74, 6) is 0.332. The van der Waals surface area contributed by atoms with Gasteiger partial charge in [0.05, 0.1) is 5.69 Å². The molecular formula is C22H21N3OS. The van der Waals surface area contributed by atoms with Gasteiger partial charge in [0.15, 0.2) is 0 Å². The Labute approximate surface area is 162 Å². The van der Waals surface area contributed by atoms with Crippen molar-refractivity contribution >= 4 is 49.6 Å². The molecule has 0 atom stereocenters. The summed E-state index contributed by atoms with van der Waals surface area (Å²) in [7, 11) is 0. The smallest absolute Gasteiger partial charge is 0.267 e. The lowest BCUT2D eigenvalue weighted by Gasteiger charge is -2.08. The summed E-state index contributed by atoms with van der Waals surface area (Å²) in [5.41, 5.74) is 8.57. The van der Waals surface area contributed by atoms with Crippen molar-refractivity contribution in [3.05, 3.63) is 65.2 Å². The molecule has 1 amide bonds. The number of carbonyl (C=O) groups is 1. The normalized spacial score (nSPS) is 11.4. The van der Waals surface area contributed by atoms with Crippen LogP contribution in [0.3, 0.4) is 0 Å². The zero-order valence-electron chi connectivity index (χ0n) is 15.3. The minimum Gasteiger partial charge on any atom is -0.397 e. The number of nitrogens with zero attached hydrogens (tertiary/aromatic N) is 1. The number of anilines is 2. The first kappa shape index (κ1) is 17.5. The highest BCUT2D eigenvalue weighted by Gasteiger charge is 2.18. The van der Waals surface area contributed by atoms with Gasteiger partial charge in [0.25, 0.3) is 5.91 Å². The summed E-state index contributed by atoms with van der Waals surface area (Å²) < 4.78 is 0. The summed E-state index contributed by atoms with van der Waals surface area (Å²) in [6.07, 6.45) is 0.908. The lowest BCUT2D eigenvalue weighted by molar-refractivity contribution is 0.103. The second-order valence-electron chi connectivity index (χ2n) is 7.08. The van der Waals surface area contributed by atoms with Gasteiger partial charge in [0.2, 0.25) is 0 Å². The van der Waals surface area contributed by atoms with Crippen molar-refractivity contribution in [2.24, 2.45) is 5.92 Å². The number of nitrogens with one attached hydrogen (secondary N) is 1. The van der Waals surface area contributed by atoms with Crippen molar-refractivity contribution in [1.29, 1.82) is 0 Å². The number of nitrogen functional groups attached to an aromatic ring is 1. The van der Waals surface area contributed by atoms with E-state index in [1.165, 1.54) is 11.3 Å². The molecule has 0 aliphatic heterocycles. The quantitative estimate of drug-likeness (QED) is 0.496. The number of nitrogens with two attached hydrogens (primary N) is 1. The van der Waals surface area contributed by atoms with E-state index in [1.807, 2.05) is 54.6 Å². The molecule has 27 heavy (non-hydrogen) atoms. The third-order valence-corrected chi connectivity index (χ3v) is 5.63. The summed E-state index contributed by atoms with van der Waals surface area (Å²) in [6, 6.07) is 17.8. The summed E-state index contributed by atoms with van der Waals surface area (Å²) >= 11 is 1.35. The zero-order chi connectivity index (χ0) is 19.0. The fourth-order valence-corrected chi connectivity index (χ4v) is 4.26. The average Bonchev–Trinajstić information content (AvgIpc) is 2.98. The van der Waals surface area contributed by atoms with E-state index in [0.717, 1.165) is 38.8 Å². The summed E-state index contributed by atoms with van der Waals surface area (Å²) in [4.78, 5) is 18.9. The van der Waals surface area contributed by atoms with E-state index in [9.17, 15) is 4.79 Å². The van der Waals surface area contributed by atoms with Crippen LogP contribution in [-0.4, -0.2) is 10.9 Å². The van der Waals surface area contributed by atoms with Crippen LogP contribution in [0.1, 0.15) is 29.2 Å². The van der Waals surface area contributed by atoms with Gasteiger partial charge in [-0.05, 0) is 35.9 Å². The van der Waals surface area contributed by atoms with Crippen LogP contribution in [-0.2, 0) is 6.42 Å². The average molecular weight is 375 g/mol. The highest BCUT2D eigenvalue weighted by molar-refractivity contribution is 7.21. The molecule has 2 aromatic carbocycles. The number of rotatable bonds is 4. The molecule has 0 fully saturated rings. The number of hydrogen-bond donors (Lipinski definition) is 2. The fraction of sp³-hybridized carbons (Fsp3) is 0.182. The number of carbonyl (C=O) groups excluding carboxylic acids is 1. The van der Waals surface area contributed by atoms with Crippen molar-refractivity contribution in [2.45, 2.75) is 20.3 Å². The molecule has 0 radical (unpaired) electrons. The summed E-state index contributed by atoms with van der Waals surface area (Å²) in [6.45, 7) is 4.33. The van der Waals surface area contributed by atoms with Gasteiger partial charge in [-0.25, -0.2) is 4.98 Å². The Balaban J connectivity index is 1.69. The lowest BCUT2D eigenvalue weighted by atomic mass is 10.1. The highest BCUT2D eigenvalue weighted by Crippen LogP contribution is 2.34. The topological polar surface area (TPSA) is 68.0 Å². The molecule has 4 rings (SSSR count). The molecule has 136 valence electrons. The molecule has 0 spiro atoms. The maximum atomic E-state index is 12.9. The second kappa shape index (κ2) is 7.00. The van der Waals surface area contributed by atoms with Crippen LogP contribution in [0.25, 0.3) is 21.0 Å². The molecule has 4 nitrogen and oxygen atoms in total. The molecule has 0 unspecified atom stereocenters. The van der Waals surface area contributed by atoms with E-state index in [4.69, 9.17) is 10.7 Å². The lowest BCUT2D eigenvalue weighted by Crippen LogP contribution is -2.12. The molecule has 2 heterocycles. The van der Waals surface area contributed by atoms with Crippen LogP contribution >= 0.6 is 11.3 Å². The number of amides is 1. The first-order chi connectivity index (χ1) is 13.0. The minimum absolute atomic E-state index is 0.197. The summed E-state index contributed by atoms with van der Waals surface area (Å²) in [5, 5.41) is 5.94. The van der Waals surface area contributed by atoms with Crippen LogP contribution in [0, 0.1) is 5.92 Å². The standard InChI is InChI=1S/C22H21N3OS/c1-13(2)12-15-10-11-17-19(23)20(27-22(17)24-15)21(26)25-18-9-5-7-14-6-3-4-8-16(14)18/h3-11,13H,12,23H2,1-2H3,(H,25,26). The number of aromatic nitrogens is 1. The molecule has 3 N–H and O–H groups in total. The monoisotopic (exact) mass is 375 g/mol. The molecule has 0 aliphatic carbocycles. The maximum absolute atomic E-state index is 12.9. The second-order valence-corrected chi connectivity index (χ2v) is 8.08. The van der Waals surface area contributed by atoms with Crippen LogP contribution in [0.2, 0.25) is 0 Å². The van der Waals surface area contributed by atoms with Crippen molar-refractivity contribution in [3.63, 3.8) is 0 Å². The van der Waals surface area contributed by atoms with E-state index in [0.29, 0.717) is 16.5 Å². The highest BCUT2D eigenvalue weighted by atomic mass is 32.1. The third kappa shape index (κ3) is 3.38. The first-order valence-corrected chi connectivity index (χ1v) is 9.81. The van der Waals surface area contributed by atoms with E-state index in [1.54, 1.807) is 0 Å². The molecule has 0 bridgehead atoms. The Morgan fingerprint density at radius 3 is 2.67 bits per heavy atom. The maximum Gasteiger partial charge on any atom is 0.267 e. The van der Waals surface area contributed by atoms with Crippen molar-refractivity contribution in [2.75, 3.05) is 11.1 Å². The fourth-order valence-electron chi connectivity index (χ4n) is 3.25. The van der Waals surface area contributed by atoms with Gasteiger partial charge in [-0.15, -0.1) is 11.3 Å². The number of thiophene rings is 1. The van der Waals surface area contributed by atoms with Gasteiger partial charge >= 0.3 is 0 Å². The SMILES string of the molecule is CC(C)Cc1ccc2c(N)c(C(=O)Nc3cccc4ccccc34)sc2n1. The third-order valence-electron chi connectivity index (χ3n) is 4.51. The Hall–Kier alpha value is -2.92. The largest absolute Gasteiger partial charge is 0.397 e. The number of pyridine rings is 1. The first-order valence-electron chi connectivity index (χ1n) is 9.00. The van der Waals surface area contributed by atoms with E-state index < -0.39 is 0 Å². The van der Waals surface area contributed by atoms with Gasteiger partial charge in [-0.2, -0.15) is 0 Å². The molecule has 0 saturated heterocycles. The van der Waals surface area contributed by atoms with E-state index >= 15 is 0 Å². The van der Waals surface area contributed by atoms with E-state index in [-0.39, 0.29) is 5.91 Å². The number of fused-ring (bicyclic) bond motifs is 2. The van der Waals surface area contributed by atoms with Crippen LogP contribution in [0.4, 0.5) is 11.4 Å². The van der Waals surface area contributed by atoms with Gasteiger partial charge in [0.1, 0.15) is 9.71 Å². The van der Waals surface area contributed by atoms with E-state index in [2.05, 4.69) is 19.2 Å². The van der Waals surface area contributed by atoms with Gasteiger partial charge < -0.3 is 11.1 Å². The Morgan fingerprint density at radius 2 is 1.85 bits per heavy atom. The number of benzene rings is 2. The Bertz CT molecular complexity index is 1140. The minimum atomic E-state index is -0.197. The molecular weight excluding hydrogens is 354 g/mol. The molecule has 4 aromatic rings. The van der Waals surface area contributed by atoms with Gasteiger partial charge in [-0.3, -0.25) is 4.79 Å². The Morgan fingerprint density at radius 1 is 1.07 bits per heavy atom. The molecule has 2 aromatic heterocycles. The van der Waals surface area contributed by atoms with Crippen molar-refractivity contribution < 1.29 is 4.79 Å². The zero-order valence-corrected chi connectivity index (χ0v) is 16.1. The number of hydrogen-bond acceptors (Lipinski definition) is 4. The predicted molar refractivity (Wildman–Crippen MR) is 114 cm³/mol. The molecule has 5 heteroatoms. The van der Waals surface area contributed by atoms with Crippen molar-refractivity contribution in [1.82, 2.24) is 4.98 Å². The molecule has 0 aliphatic rings. The van der Waals surface area contributed by atoms with Crippen LogP contribution < -0.4 is 11.1 Å².